The Morgan fingerprint density at radius 2 is 2.28 bits per heavy atom. The fourth-order valence-corrected chi connectivity index (χ4v) is 2.52. The first kappa shape index (κ1) is 13.4. The quantitative estimate of drug-likeness (QED) is 0.821. The summed E-state index contributed by atoms with van der Waals surface area (Å²) >= 11 is 5.87. The van der Waals surface area contributed by atoms with Crippen molar-refractivity contribution in [3.63, 3.8) is 0 Å². The number of piperidine rings is 1. The van der Waals surface area contributed by atoms with Gasteiger partial charge in [-0.25, -0.2) is 4.98 Å². The summed E-state index contributed by atoms with van der Waals surface area (Å²) in [6, 6.07) is 0.381. The Balaban J connectivity index is 2.09. The Labute approximate surface area is 113 Å². The van der Waals surface area contributed by atoms with Crippen LogP contribution in [0.1, 0.15) is 25.5 Å². The van der Waals surface area contributed by atoms with Gasteiger partial charge in [-0.3, -0.25) is 0 Å². The molecule has 0 aliphatic carbocycles. The van der Waals surface area contributed by atoms with Crippen LogP contribution < -0.4 is 11.1 Å². The molecule has 0 spiro atoms. The first-order chi connectivity index (χ1) is 8.60. The van der Waals surface area contributed by atoms with E-state index in [1.165, 1.54) is 13.0 Å². The Morgan fingerprint density at radius 1 is 1.50 bits per heavy atom. The van der Waals surface area contributed by atoms with Crippen molar-refractivity contribution in [2.45, 2.75) is 32.7 Å². The standard InChI is InChI=1S/C12H20ClN5/c1-3-18-6-4-5-9(7-18)16-11-10(14)8(2)15-12(13)17-11/h9H,3-7,14H2,1-2H3,(H,15,16,17). The lowest BCUT2D eigenvalue weighted by Crippen LogP contribution is -2.42. The van der Waals surface area contributed by atoms with Gasteiger partial charge in [0.25, 0.3) is 0 Å². The van der Waals surface area contributed by atoms with E-state index in [-0.39, 0.29) is 5.28 Å². The van der Waals surface area contributed by atoms with E-state index in [2.05, 4.69) is 27.1 Å². The van der Waals surface area contributed by atoms with Gasteiger partial charge in [-0.05, 0) is 44.5 Å². The van der Waals surface area contributed by atoms with Gasteiger partial charge in [-0.15, -0.1) is 0 Å². The van der Waals surface area contributed by atoms with Crippen molar-refractivity contribution in [2.24, 2.45) is 0 Å². The molecule has 1 fully saturated rings. The highest BCUT2D eigenvalue weighted by Crippen LogP contribution is 2.23. The number of nitrogens with zero attached hydrogens (tertiary/aromatic N) is 3. The van der Waals surface area contributed by atoms with Crippen LogP contribution in [0.15, 0.2) is 0 Å². The number of nitrogen functional groups attached to an aromatic ring is 1. The maximum atomic E-state index is 5.98. The average Bonchev–Trinajstić information content (AvgIpc) is 2.35. The first-order valence-electron chi connectivity index (χ1n) is 6.38. The number of halogens is 1. The van der Waals surface area contributed by atoms with Crippen LogP contribution in [0.5, 0.6) is 0 Å². The van der Waals surface area contributed by atoms with Crippen LogP contribution in [0.3, 0.4) is 0 Å². The van der Waals surface area contributed by atoms with E-state index in [1.807, 2.05) is 6.92 Å². The van der Waals surface area contributed by atoms with Crippen molar-refractivity contribution < 1.29 is 0 Å². The lowest BCUT2D eigenvalue weighted by molar-refractivity contribution is 0.226. The number of aryl methyl sites for hydroxylation is 1. The molecule has 2 rings (SSSR count). The summed E-state index contributed by atoms with van der Waals surface area (Å²) in [6.07, 6.45) is 2.33. The maximum Gasteiger partial charge on any atom is 0.224 e. The van der Waals surface area contributed by atoms with Crippen LogP contribution in [0.4, 0.5) is 11.5 Å². The average molecular weight is 270 g/mol. The van der Waals surface area contributed by atoms with E-state index in [9.17, 15) is 0 Å². The summed E-state index contributed by atoms with van der Waals surface area (Å²) < 4.78 is 0. The number of nitrogens with one attached hydrogen (secondary N) is 1. The topological polar surface area (TPSA) is 67.1 Å². The van der Waals surface area contributed by atoms with E-state index in [0.29, 0.717) is 17.5 Å². The smallest absolute Gasteiger partial charge is 0.224 e. The third kappa shape index (κ3) is 3.03. The monoisotopic (exact) mass is 269 g/mol. The zero-order chi connectivity index (χ0) is 13.1. The summed E-state index contributed by atoms with van der Waals surface area (Å²) in [5, 5.41) is 3.64. The maximum absolute atomic E-state index is 5.98. The molecule has 2 heterocycles. The molecule has 1 aliphatic heterocycles. The van der Waals surface area contributed by atoms with Crippen LogP contribution in [0.2, 0.25) is 5.28 Å². The molecule has 0 radical (unpaired) electrons. The fourth-order valence-electron chi connectivity index (χ4n) is 2.31. The third-order valence-corrected chi connectivity index (χ3v) is 3.57. The summed E-state index contributed by atoms with van der Waals surface area (Å²) in [7, 11) is 0. The molecule has 1 aromatic rings. The molecule has 18 heavy (non-hydrogen) atoms. The SMILES string of the molecule is CCN1CCCC(Nc2nc(Cl)nc(C)c2N)C1. The van der Waals surface area contributed by atoms with Crippen molar-refractivity contribution in [3.05, 3.63) is 11.0 Å². The lowest BCUT2D eigenvalue weighted by Gasteiger charge is -2.32. The van der Waals surface area contributed by atoms with E-state index >= 15 is 0 Å². The normalized spacial score (nSPS) is 20.9. The number of likely N-dealkylation sites (tertiary alicyclic amines) is 1. The molecule has 0 bridgehead atoms. The molecule has 1 unspecified atom stereocenters. The van der Waals surface area contributed by atoms with E-state index in [1.54, 1.807) is 0 Å². The fraction of sp³-hybridized carbons (Fsp3) is 0.667. The minimum Gasteiger partial charge on any atom is -0.394 e. The molecule has 0 aromatic carbocycles. The van der Waals surface area contributed by atoms with Gasteiger partial charge in [0.2, 0.25) is 5.28 Å². The molecule has 5 nitrogen and oxygen atoms in total. The van der Waals surface area contributed by atoms with E-state index < -0.39 is 0 Å². The summed E-state index contributed by atoms with van der Waals surface area (Å²) in [4.78, 5) is 10.6. The molecule has 1 saturated heterocycles. The largest absolute Gasteiger partial charge is 0.394 e. The highest BCUT2D eigenvalue weighted by Gasteiger charge is 2.20. The highest BCUT2D eigenvalue weighted by atomic mass is 35.5. The minimum absolute atomic E-state index is 0.243. The third-order valence-electron chi connectivity index (χ3n) is 3.40. The molecular formula is C12H20ClN5. The number of rotatable bonds is 3. The second-order valence-corrected chi connectivity index (χ2v) is 5.06. The second kappa shape index (κ2) is 5.71. The number of aromatic nitrogens is 2. The molecule has 3 N–H and O–H groups in total. The summed E-state index contributed by atoms with van der Waals surface area (Å²) in [5.74, 6) is 0.662. The molecule has 0 saturated carbocycles. The lowest BCUT2D eigenvalue weighted by atomic mass is 10.1. The van der Waals surface area contributed by atoms with Crippen molar-refractivity contribution >= 4 is 23.1 Å². The molecular weight excluding hydrogens is 250 g/mol. The van der Waals surface area contributed by atoms with Crippen LogP contribution in [0, 0.1) is 6.92 Å². The van der Waals surface area contributed by atoms with Crippen LogP contribution in [-0.4, -0.2) is 40.5 Å². The Morgan fingerprint density at radius 3 is 3.00 bits per heavy atom. The van der Waals surface area contributed by atoms with Gasteiger partial charge in [0.05, 0.1) is 11.4 Å². The zero-order valence-corrected chi connectivity index (χ0v) is 11.7. The van der Waals surface area contributed by atoms with Crippen molar-refractivity contribution in [1.82, 2.24) is 14.9 Å². The van der Waals surface area contributed by atoms with E-state index in [4.69, 9.17) is 17.3 Å². The van der Waals surface area contributed by atoms with Crippen molar-refractivity contribution in [3.8, 4) is 0 Å². The summed E-state index contributed by atoms with van der Waals surface area (Å²) in [6.45, 7) is 7.30. The minimum atomic E-state index is 0.243. The van der Waals surface area contributed by atoms with Gasteiger partial charge in [0.1, 0.15) is 0 Å². The first-order valence-corrected chi connectivity index (χ1v) is 6.76. The van der Waals surface area contributed by atoms with E-state index in [0.717, 1.165) is 25.2 Å². The zero-order valence-electron chi connectivity index (χ0n) is 10.9. The molecule has 1 aromatic heterocycles. The van der Waals surface area contributed by atoms with Crippen LogP contribution in [-0.2, 0) is 0 Å². The number of hydrogen-bond acceptors (Lipinski definition) is 5. The Bertz CT molecular complexity index is 423. The number of nitrogens with two attached hydrogens (primary N) is 1. The van der Waals surface area contributed by atoms with Gasteiger partial charge < -0.3 is 16.0 Å². The van der Waals surface area contributed by atoms with Crippen LogP contribution in [0.25, 0.3) is 0 Å². The van der Waals surface area contributed by atoms with Gasteiger partial charge in [0.15, 0.2) is 5.82 Å². The number of hydrogen-bond donors (Lipinski definition) is 2. The molecule has 1 atom stereocenters. The van der Waals surface area contributed by atoms with Gasteiger partial charge in [-0.2, -0.15) is 4.98 Å². The molecule has 1 aliphatic rings. The molecule has 6 heteroatoms. The highest BCUT2D eigenvalue weighted by molar-refractivity contribution is 6.28. The summed E-state index contributed by atoms with van der Waals surface area (Å²) in [5.41, 5.74) is 7.29. The Kier molecular flexibility index (Phi) is 4.24. The molecule has 0 amide bonds. The predicted octanol–water partition coefficient (Wildman–Crippen LogP) is 1.92. The number of likely N-dealkylation sites (N-methyl/N-ethyl adjacent to an activating group) is 1. The number of anilines is 2. The predicted molar refractivity (Wildman–Crippen MR) is 75.0 cm³/mol. The van der Waals surface area contributed by atoms with Gasteiger partial charge in [-0.1, -0.05) is 6.92 Å². The van der Waals surface area contributed by atoms with Crippen LogP contribution >= 0.6 is 11.6 Å². The van der Waals surface area contributed by atoms with Gasteiger partial charge >= 0.3 is 0 Å². The van der Waals surface area contributed by atoms with Crippen molar-refractivity contribution in [1.29, 1.82) is 0 Å². The Hall–Kier alpha value is -1.07. The second-order valence-electron chi connectivity index (χ2n) is 4.72. The van der Waals surface area contributed by atoms with Crippen molar-refractivity contribution in [2.75, 3.05) is 30.7 Å². The van der Waals surface area contributed by atoms with Gasteiger partial charge in [0, 0.05) is 12.6 Å². The molecule has 100 valence electrons.